The lowest BCUT2D eigenvalue weighted by Crippen LogP contribution is -2.23. The Morgan fingerprint density at radius 3 is 2.46 bits per heavy atom. The fourth-order valence-electron chi connectivity index (χ4n) is 2.20. The molecule has 0 spiro atoms. The molecule has 126 valence electrons. The smallest absolute Gasteiger partial charge is 0.244 e. The first kappa shape index (κ1) is 17.4. The molecule has 0 aliphatic heterocycles. The van der Waals surface area contributed by atoms with E-state index in [2.05, 4.69) is 5.32 Å². The van der Waals surface area contributed by atoms with Gasteiger partial charge in [-0.2, -0.15) is 0 Å². The van der Waals surface area contributed by atoms with Crippen LogP contribution in [0.5, 0.6) is 11.5 Å². The normalized spacial score (nSPS) is 10.6. The molecule has 0 fully saturated rings. The van der Waals surface area contributed by atoms with Crippen molar-refractivity contribution in [2.75, 3.05) is 26.5 Å². The number of hydrogen-bond acceptors (Lipinski definition) is 4. The molecule has 0 heterocycles. The number of hydrogen-bond donors (Lipinski definition) is 2. The maximum atomic E-state index is 11.8. The zero-order valence-corrected chi connectivity index (χ0v) is 13.9. The van der Waals surface area contributed by atoms with E-state index in [-0.39, 0.29) is 5.91 Å². The van der Waals surface area contributed by atoms with Crippen molar-refractivity contribution in [1.82, 2.24) is 5.32 Å². The third kappa shape index (κ3) is 5.05. The number of rotatable bonds is 7. The van der Waals surface area contributed by atoms with Crippen LogP contribution in [-0.4, -0.2) is 26.7 Å². The van der Waals surface area contributed by atoms with Crippen LogP contribution in [0.3, 0.4) is 0 Å². The van der Waals surface area contributed by atoms with Crippen molar-refractivity contribution >= 4 is 17.7 Å². The summed E-state index contributed by atoms with van der Waals surface area (Å²) in [5.41, 5.74) is 8.32. The lowest BCUT2D eigenvalue weighted by atomic mass is 10.1. The molecule has 5 heteroatoms. The average molecular weight is 326 g/mol. The van der Waals surface area contributed by atoms with Crippen molar-refractivity contribution in [2.24, 2.45) is 0 Å². The van der Waals surface area contributed by atoms with E-state index >= 15 is 0 Å². The minimum atomic E-state index is -0.132. The predicted molar refractivity (Wildman–Crippen MR) is 96.1 cm³/mol. The van der Waals surface area contributed by atoms with Crippen molar-refractivity contribution in [1.29, 1.82) is 0 Å². The van der Waals surface area contributed by atoms with Gasteiger partial charge >= 0.3 is 0 Å². The maximum Gasteiger partial charge on any atom is 0.244 e. The second-order valence-electron chi connectivity index (χ2n) is 5.23. The van der Waals surface area contributed by atoms with E-state index < -0.39 is 0 Å². The maximum absolute atomic E-state index is 11.8. The summed E-state index contributed by atoms with van der Waals surface area (Å²) in [6.45, 7) is 0.542. The van der Waals surface area contributed by atoms with Crippen molar-refractivity contribution < 1.29 is 14.3 Å². The monoisotopic (exact) mass is 326 g/mol. The number of ether oxygens (including phenoxy) is 2. The van der Waals surface area contributed by atoms with E-state index in [4.69, 9.17) is 15.2 Å². The molecule has 0 aliphatic carbocycles. The van der Waals surface area contributed by atoms with Crippen molar-refractivity contribution in [3.8, 4) is 11.5 Å². The van der Waals surface area contributed by atoms with Gasteiger partial charge in [0.2, 0.25) is 5.91 Å². The van der Waals surface area contributed by atoms with Gasteiger partial charge in [0.15, 0.2) is 11.5 Å². The minimum absolute atomic E-state index is 0.132. The highest BCUT2D eigenvalue weighted by Gasteiger charge is 2.04. The minimum Gasteiger partial charge on any atom is -0.493 e. The predicted octanol–water partition coefficient (Wildman–Crippen LogP) is 2.66. The van der Waals surface area contributed by atoms with E-state index in [9.17, 15) is 4.79 Å². The van der Waals surface area contributed by atoms with Gasteiger partial charge in [-0.05, 0) is 47.9 Å². The molecule has 0 bridgehead atoms. The Balaban J connectivity index is 1.83. The van der Waals surface area contributed by atoms with Crippen LogP contribution in [0, 0.1) is 0 Å². The van der Waals surface area contributed by atoms with Gasteiger partial charge in [0.25, 0.3) is 0 Å². The Labute approximate surface area is 142 Å². The summed E-state index contributed by atoms with van der Waals surface area (Å²) < 4.78 is 10.5. The summed E-state index contributed by atoms with van der Waals surface area (Å²) in [6.07, 6.45) is 3.98. The zero-order chi connectivity index (χ0) is 17.4. The molecule has 0 radical (unpaired) electrons. The third-order valence-corrected chi connectivity index (χ3v) is 3.52. The third-order valence-electron chi connectivity index (χ3n) is 3.52. The second-order valence-corrected chi connectivity index (χ2v) is 5.23. The van der Waals surface area contributed by atoms with E-state index in [0.717, 1.165) is 11.1 Å². The van der Waals surface area contributed by atoms with Crippen molar-refractivity contribution in [3.63, 3.8) is 0 Å². The number of nitrogens with two attached hydrogens (primary N) is 1. The number of carbonyl (C=O) groups is 1. The van der Waals surface area contributed by atoms with E-state index in [1.54, 1.807) is 32.4 Å². The number of nitrogen functional groups attached to an aromatic ring is 1. The molecule has 2 rings (SSSR count). The van der Waals surface area contributed by atoms with Crippen LogP contribution in [0.25, 0.3) is 6.08 Å². The van der Waals surface area contributed by atoms with Gasteiger partial charge < -0.3 is 20.5 Å². The SMILES string of the molecule is COc1ccc(CCNC(=O)/C=C/c2ccc(N)cc2)cc1OC. The molecule has 0 aliphatic rings. The lowest BCUT2D eigenvalue weighted by molar-refractivity contribution is -0.116. The van der Waals surface area contributed by atoms with Gasteiger partial charge in [0.1, 0.15) is 0 Å². The molecule has 2 aromatic rings. The summed E-state index contributed by atoms with van der Waals surface area (Å²) in [6, 6.07) is 13.1. The van der Waals surface area contributed by atoms with E-state index in [0.29, 0.717) is 30.2 Å². The standard InChI is InChI=1S/C19H22N2O3/c1-23-17-9-5-15(13-18(17)24-2)11-12-21-19(22)10-6-14-3-7-16(20)8-4-14/h3-10,13H,11-12,20H2,1-2H3,(H,21,22)/b10-6+. The Morgan fingerprint density at radius 1 is 1.08 bits per heavy atom. The largest absolute Gasteiger partial charge is 0.493 e. The van der Waals surface area contributed by atoms with Gasteiger partial charge in [-0.1, -0.05) is 18.2 Å². The first-order valence-corrected chi connectivity index (χ1v) is 7.64. The Morgan fingerprint density at radius 2 is 1.79 bits per heavy atom. The number of amides is 1. The van der Waals surface area contributed by atoms with Crippen molar-refractivity contribution in [2.45, 2.75) is 6.42 Å². The van der Waals surface area contributed by atoms with Gasteiger partial charge in [0, 0.05) is 18.3 Å². The van der Waals surface area contributed by atoms with Gasteiger partial charge in [-0.15, -0.1) is 0 Å². The van der Waals surface area contributed by atoms with Gasteiger partial charge in [-0.3, -0.25) is 4.79 Å². The highest BCUT2D eigenvalue weighted by Crippen LogP contribution is 2.27. The highest BCUT2D eigenvalue weighted by molar-refractivity contribution is 5.91. The van der Waals surface area contributed by atoms with Crippen LogP contribution >= 0.6 is 0 Å². The quantitative estimate of drug-likeness (QED) is 0.606. The molecule has 2 aromatic carbocycles. The molecule has 0 saturated heterocycles. The van der Waals surface area contributed by atoms with Crippen LogP contribution < -0.4 is 20.5 Å². The van der Waals surface area contributed by atoms with Crippen LogP contribution in [0.2, 0.25) is 0 Å². The summed E-state index contributed by atoms with van der Waals surface area (Å²) in [4.78, 5) is 11.8. The molecule has 0 unspecified atom stereocenters. The molecule has 24 heavy (non-hydrogen) atoms. The molecule has 0 aromatic heterocycles. The Hall–Kier alpha value is -2.95. The van der Waals surface area contributed by atoms with E-state index in [1.807, 2.05) is 30.3 Å². The summed E-state index contributed by atoms with van der Waals surface area (Å²) in [7, 11) is 3.20. The number of anilines is 1. The summed E-state index contributed by atoms with van der Waals surface area (Å²) >= 11 is 0. The fourth-order valence-corrected chi connectivity index (χ4v) is 2.20. The Kier molecular flexibility index (Phi) is 6.25. The van der Waals surface area contributed by atoms with Crippen LogP contribution in [0.15, 0.2) is 48.5 Å². The first-order valence-electron chi connectivity index (χ1n) is 7.64. The number of nitrogens with one attached hydrogen (secondary N) is 1. The molecule has 1 amide bonds. The molecule has 5 nitrogen and oxygen atoms in total. The van der Waals surface area contributed by atoms with Crippen molar-refractivity contribution in [3.05, 3.63) is 59.7 Å². The van der Waals surface area contributed by atoms with Crippen LogP contribution in [-0.2, 0) is 11.2 Å². The summed E-state index contributed by atoms with van der Waals surface area (Å²) in [5.74, 6) is 1.24. The zero-order valence-electron chi connectivity index (χ0n) is 13.9. The summed E-state index contributed by atoms with van der Waals surface area (Å²) in [5, 5.41) is 2.86. The van der Waals surface area contributed by atoms with Crippen LogP contribution in [0.1, 0.15) is 11.1 Å². The molecule has 3 N–H and O–H groups in total. The topological polar surface area (TPSA) is 73.6 Å². The first-order chi connectivity index (χ1) is 11.6. The number of methoxy groups -OCH3 is 2. The fraction of sp³-hybridized carbons (Fsp3) is 0.211. The average Bonchev–Trinajstić information content (AvgIpc) is 2.61. The molecular formula is C19H22N2O3. The Bertz CT molecular complexity index is 709. The molecule has 0 saturated carbocycles. The number of benzene rings is 2. The van der Waals surface area contributed by atoms with Crippen LogP contribution in [0.4, 0.5) is 5.69 Å². The molecule has 0 atom stereocenters. The second kappa shape index (κ2) is 8.62. The lowest BCUT2D eigenvalue weighted by Gasteiger charge is -2.09. The van der Waals surface area contributed by atoms with Gasteiger partial charge in [-0.25, -0.2) is 0 Å². The molecular weight excluding hydrogens is 304 g/mol. The highest BCUT2D eigenvalue weighted by atomic mass is 16.5. The number of carbonyl (C=O) groups excluding carboxylic acids is 1. The van der Waals surface area contributed by atoms with E-state index in [1.165, 1.54) is 6.08 Å². The van der Waals surface area contributed by atoms with Gasteiger partial charge in [0.05, 0.1) is 14.2 Å².